The lowest BCUT2D eigenvalue weighted by Gasteiger charge is -2.07. The maximum Gasteiger partial charge on any atom is 0.339 e. The van der Waals surface area contributed by atoms with Crippen molar-refractivity contribution in [3.05, 3.63) is 75.4 Å². The Morgan fingerprint density at radius 3 is 2.54 bits per heavy atom. The molecule has 0 aliphatic rings. The van der Waals surface area contributed by atoms with Gasteiger partial charge in [-0.1, -0.05) is 35.9 Å². The van der Waals surface area contributed by atoms with Gasteiger partial charge in [0, 0.05) is 22.4 Å². The highest BCUT2D eigenvalue weighted by Crippen LogP contribution is 2.36. The number of carboxylic acids is 1. The fourth-order valence-corrected chi connectivity index (χ4v) is 3.90. The van der Waals surface area contributed by atoms with Crippen LogP contribution in [-0.2, 0) is 11.2 Å². The molecule has 4 nitrogen and oxygen atoms in total. The predicted octanol–water partition coefficient (Wildman–Crippen LogP) is 5.79. The number of rotatable bonds is 6. The molecule has 0 saturated heterocycles. The molecular weight excluding hydrogens is 401 g/mol. The monoisotopic (exact) mass is 417 g/mol. The fraction of sp³-hybridized carbons (Fsp3) is 0.143. The molecule has 7 heteroatoms. The lowest BCUT2D eigenvalue weighted by Crippen LogP contribution is -2.14. The summed E-state index contributed by atoms with van der Waals surface area (Å²) in [5, 5.41) is 14.7. The number of aromatic carboxylic acids is 1. The molecule has 2 aromatic carbocycles. The van der Waals surface area contributed by atoms with Crippen molar-refractivity contribution in [3.63, 3.8) is 0 Å². The number of carbonyl (C=O) groups is 2. The van der Waals surface area contributed by atoms with E-state index < -0.39 is 5.97 Å². The van der Waals surface area contributed by atoms with E-state index >= 15 is 0 Å². The van der Waals surface area contributed by atoms with Gasteiger partial charge in [0.05, 0.1) is 0 Å². The van der Waals surface area contributed by atoms with Crippen molar-refractivity contribution in [2.45, 2.75) is 19.8 Å². The van der Waals surface area contributed by atoms with E-state index in [4.69, 9.17) is 11.6 Å². The van der Waals surface area contributed by atoms with Crippen LogP contribution in [0.25, 0.3) is 11.1 Å². The third-order valence-corrected chi connectivity index (χ3v) is 5.39. The van der Waals surface area contributed by atoms with Crippen molar-refractivity contribution >= 4 is 39.8 Å². The molecule has 1 amide bonds. The van der Waals surface area contributed by atoms with E-state index in [1.54, 1.807) is 48.7 Å². The maximum absolute atomic E-state index is 13.9. The second-order valence-corrected chi connectivity index (χ2v) is 7.62. The van der Waals surface area contributed by atoms with E-state index in [1.165, 1.54) is 6.07 Å². The van der Waals surface area contributed by atoms with Crippen LogP contribution in [0.15, 0.2) is 47.8 Å². The number of carbonyl (C=O) groups excluding carboxylic acids is 1. The second-order valence-electron chi connectivity index (χ2n) is 6.31. The molecule has 144 valence electrons. The van der Waals surface area contributed by atoms with E-state index in [2.05, 4.69) is 5.32 Å². The first-order valence-electron chi connectivity index (χ1n) is 8.50. The van der Waals surface area contributed by atoms with Crippen LogP contribution in [0.4, 0.5) is 9.39 Å². The topological polar surface area (TPSA) is 66.4 Å². The number of nitrogens with one attached hydrogen (secondary N) is 1. The molecule has 0 aliphatic carbocycles. The minimum atomic E-state index is -1.13. The highest BCUT2D eigenvalue weighted by atomic mass is 35.5. The molecular formula is C21H17ClFNO3S. The summed E-state index contributed by atoms with van der Waals surface area (Å²) in [6.45, 7) is 1.79. The number of thiophene rings is 1. The largest absolute Gasteiger partial charge is 0.478 e. The van der Waals surface area contributed by atoms with Crippen molar-refractivity contribution in [3.8, 4) is 11.1 Å². The first-order valence-corrected chi connectivity index (χ1v) is 9.76. The Morgan fingerprint density at radius 1 is 1.18 bits per heavy atom. The molecule has 3 aromatic rings. The van der Waals surface area contributed by atoms with Crippen molar-refractivity contribution in [1.29, 1.82) is 0 Å². The fourth-order valence-electron chi connectivity index (χ4n) is 2.80. The molecule has 0 unspecified atom stereocenters. The lowest BCUT2D eigenvalue weighted by molar-refractivity contribution is -0.116. The van der Waals surface area contributed by atoms with Crippen LogP contribution in [0.3, 0.4) is 0 Å². The summed E-state index contributed by atoms with van der Waals surface area (Å²) >= 11 is 7.02. The number of anilines is 1. The molecule has 28 heavy (non-hydrogen) atoms. The Kier molecular flexibility index (Phi) is 6.11. The Labute approximate surface area is 170 Å². The summed E-state index contributed by atoms with van der Waals surface area (Å²) < 4.78 is 13.9. The van der Waals surface area contributed by atoms with Gasteiger partial charge in [0.1, 0.15) is 16.4 Å². The van der Waals surface area contributed by atoms with Gasteiger partial charge in [-0.25, -0.2) is 9.18 Å². The number of hydrogen-bond donors (Lipinski definition) is 2. The highest BCUT2D eigenvalue weighted by Gasteiger charge is 2.21. The van der Waals surface area contributed by atoms with E-state index in [-0.39, 0.29) is 35.1 Å². The average Bonchev–Trinajstić information content (AvgIpc) is 3.05. The average molecular weight is 418 g/mol. The molecule has 0 saturated carbocycles. The standard InChI is InChI=1S/C21H17ClFNO3S/c1-12-2-3-14(17(23)10-12)6-9-18(25)24-20-19(21(26)27)16(11-28-20)13-4-7-15(22)8-5-13/h2-5,7-8,10-11H,6,9H2,1H3,(H,24,25)(H,26,27). The smallest absolute Gasteiger partial charge is 0.339 e. The summed E-state index contributed by atoms with van der Waals surface area (Å²) in [7, 11) is 0. The third-order valence-electron chi connectivity index (χ3n) is 4.24. The van der Waals surface area contributed by atoms with Crippen LogP contribution < -0.4 is 5.32 Å². The van der Waals surface area contributed by atoms with E-state index in [0.717, 1.165) is 16.9 Å². The molecule has 0 atom stereocenters. The Hall–Kier alpha value is -2.70. The molecule has 0 spiro atoms. The minimum Gasteiger partial charge on any atom is -0.478 e. The number of carboxylic acid groups (broad SMARTS) is 1. The maximum atomic E-state index is 13.9. The molecule has 0 fully saturated rings. The SMILES string of the molecule is Cc1ccc(CCC(=O)Nc2scc(-c3ccc(Cl)cc3)c2C(=O)O)c(F)c1. The molecule has 0 radical (unpaired) electrons. The van der Waals surface area contributed by atoms with Crippen LogP contribution in [0, 0.1) is 12.7 Å². The van der Waals surface area contributed by atoms with Crippen LogP contribution in [-0.4, -0.2) is 17.0 Å². The van der Waals surface area contributed by atoms with Crippen LogP contribution >= 0.6 is 22.9 Å². The van der Waals surface area contributed by atoms with E-state index in [1.807, 2.05) is 0 Å². The van der Waals surface area contributed by atoms with Gasteiger partial charge >= 0.3 is 5.97 Å². The number of amides is 1. The van der Waals surface area contributed by atoms with Gasteiger partial charge in [0.25, 0.3) is 0 Å². The van der Waals surface area contributed by atoms with Crippen LogP contribution in [0.1, 0.15) is 27.9 Å². The molecule has 2 N–H and O–H groups in total. The number of hydrogen-bond acceptors (Lipinski definition) is 3. The van der Waals surface area contributed by atoms with Gasteiger partial charge in [0.15, 0.2) is 0 Å². The van der Waals surface area contributed by atoms with Gasteiger partial charge in [-0.15, -0.1) is 11.3 Å². The summed E-state index contributed by atoms with van der Waals surface area (Å²) in [4.78, 5) is 24.1. The Balaban J connectivity index is 1.75. The van der Waals surface area contributed by atoms with Crippen molar-refractivity contribution in [1.82, 2.24) is 0 Å². The first kappa shape index (κ1) is 20.0. The van der Waals surface area contributed by atoms with Crippen molar-refractivity contribution in [2.75, 3.05) is 5.32 Å². The lowest BCUT2D eigenvalue weighted by atomic mass is 10.0. The van der Waals surface area contributed by atoms with E-state index in [0.29, 0.717) is 21.7 Å². The zero-order valence-electron chi connectivity index (χ0n) is 15.0. The van der Waals surface area contributed by atoms with Crippen LogP contribution in [0.5, 0.6) is 0 Å². The molecule has 1 heterocycles. The number of halogens is 2. The first-order chi connectivity index (χ1) is 13.3. The number of aryl methyl sites for hydroxylation is 2. The predicted molar refractivity (Wildman–Crippen MR) is 110 cm³/mol. The molecule has 1 aromatic heterocycles. The van der Waals surface area contributed by atoms with E-state index in [9.17, 15) is 19.1 Å². The van der Waals surface area contributed by atoms with Crippen molar-refractivity contribution < 1.29 is 19.1 Å². The third kappa shape index (κ3) is 4.58. The zero-order valence-corrected chi connectivity index (χ0v) is 16.5. The Morgan fingerprint density at radius 2 is 1.89 bits per heavy atom. The zero-order chi connectivity index (χ0) is 20.3. The summed E-state index contributed by atoms with van der Waals surface area (Å²) in [6, 6.07) is 11.7. The minimum absolute atomic E-state index is 0.0298. The summed E-state index contributed by atoms with van der Waals surface area (Å²) in [5.41, 5.74) is 2.49. The molecule has 3 rings (SSSR count). The van der Waals surface area contributed by atoms with Gasteiger partial charge in [-0.05, 0) is 48.2 Å². The van der Waals surface area contributed by atoms with Gasteiger partial charge in [-0.2, -0.15) is 0 Å². The van der Waals surface area contributed by atoms with Crippen LogP contribution in [0.2, 0.25) is 5.02 Å². The normalized spacial score (nSPS) is 10.7. The molecule has 0 aliphatic heterocycles. The van der Waals surface area contributed by atoms with Gasteiger partial charge in [-0.3, -0.25) is 4.79 Å². The van der Waals surface area contributed by atoms with Gasteiger partial charge in [0.2, 0.25) is 5.91 Å². The Bertz CT molecular complexity index is 1030. The molecule has 0 bridgehead atoms. The summed E-state index contributed by atoms with van der Waals surface area (Å²) in [6.07, 6.45) is 0.281. The quantitative estimate of drug-likeness (QED) is 0.533. The van der Waals surface area contributed by atoms with Crippen molar-refractivity contribution in [2.24, 2.45) is 0 Å². The summed E-state index contributed by atoms with van der Waals surface area (Å²) in [5.74, 6) is -1.85. The number of benzene rings is 2. The second kappa shape index (κ2) is 8.54. The van der Waals surface area contributed by atoms with Gasteiger partial charge < -0.3 is 10.4 Å². The highest BCUT2D eigenvalue weighted by molar-refractivity contribution is 7.15.